The standard InChI is InChI=1S/C17H19N7O/c1-12-3-6-14(7-4-12)24-17(21-22-23-24)18-10-9-16(25)20-15-8-5-13(2)11-19-15/h3-8,11H,9-10H2,1-2H3,(H,18,21,23)(H,19,20,25). The molecule has 1 amide bonds. The van der Waals surface area contributed by atoms with Gasteiger partial charge in [0.25, 0.3) is 0 Å². The van der Waals surface area contributed by atoms with Gasteiger partial charge in [-0.1, -0.05) is 28.9 Å². The fraction of sp³-hybridized carbons (Fsp3) is 0.235. The van der Waals surface area contributed by atoms with Crippen LogP contribution in [0.1, 0.15) is 17.5 Å². The number of benzene rings is 1. The van der Waals surface area contributed by atoms with Gasteiger partial charge in [-0.3, -0.25) is 4.79 Å². The molecule has 128 valence electrons. The molecule has 8 heteroatoms. The van der Waals surface area contributed by atoms with Crippen molar-refractivity contribution >= 4 is 17.7 Å². The van der Waals surface area contributed by atoms with E-state index in [0.29, 0.717) is 18.3 Å². The van der Waals surface area contributed by atoms with Crippen LogP contribution in [0.3, 0.4) is 0 Å². The zero-order valence-corrected chi connectivity index (χ0v) is 14.1. The molecule has 3 aromatic rings. The van der Waals surface area contributed by atoms with Crippen LogP contribution in [0.5, 0.6) is 0 Å². The van der Waals surface area contributed by atoms with E-state index < -0.39 is 0 Å². The molecule has 0 atom stereocenters. The van der Waals surface area contributed by atoms with E-state index in [0.717, 1.165) is 16.8 Å². The topological polar surface area (TPSA) is 97.6 Å². The largest absolute Gasteiger partial charge is 0.352 e. The van der Waals surface area contributed by atoms with Crippen molar-refractivity contribution in [3.05, 3.63) is 53.7 Å². The summed E-state index contributed by atoms with van der Waals surface area (Å²) < 4.78 is 1.60. The van der Waals surface area contributed by atoms with Gasteiger partial charge in [-0.05, 0) is 48.0 Å². The number of nitrogens with zero attached hydrogens (tertiary/aromatic N) is 5. The van der Waals surface area contributed by atoms with Gasteiger partial charge in [-0.15, -0.1) is 0 Å². The summed E-state index contributed by atoms with van der Waals surface area (Å²) in [6.07, 6.45) is 1.99. The summed E-state index contributed by atoms with van der Waals surface area (Å²) in [6.45, 7) is 4.37. The normalized spacial score (nSPS) is 10.5. The van der Waals surface area contributed by atoms with Crippen LogP contribution >= 0.6 is 0 Å². The molecule has 0 bridgehead atoms. The monoisotopic (exact) mass is 337 g/mol. The number of hydrogen-bond donors (Lipinski definition) is 2. The number of amides is 1. The number of hydrogen-bond acceptors (Lipinski definition) is 6. The zero-order chi connectivity index (χ0) is 17.6. The van der Waals surface area contributed by atoms with Crippen LogP contribution in [0.25, 0.3) is 5.69 Å². The number of rotatable bonds is 6. The van der Waals surface area contributed by atoms with E-state index in [1.54, 1.807) is 16.9 Å². The third-order valence-electron chi connectivity index (χ3n) is 3.56. The predicted molar refractivity (Wildman–Crippen MR) is 94.6 cm³/mol. The van der Waals surface area contributed by atoms with Crippen molar-refractivity contribution in [2.75, 3.05) is 17.2 Å². The molecule has 0 unspecified atom stereocenters. The lowest BCUT2D eigenvalue weighted by Crippen LogP contribution is -2.18. The Bertz CT molecular complexity index is 840. The summed E-state index contributed by atoms with van der Waals surface area (Å²) in [5, 5.41) is 17.4. The minimum absolute atomic E-state index is 0.127. The van der Waals surface area contributed by atoms with E-state index in [2.05, 4.69) is 31.1 Å². The SMILES string of the molecule is Cc1ccc(-n2nnnc2NCCC(=O)Nc2ccc(C)cn2)cc1. The highest BCUT2D eigenvalue weighted by Gasteiger charge is 2.09. The van der Waals surface area contributed by atoms with E-state index in [1.165, 1.54) is 0 Å². The molecule has 2 aromatic heterocycles. The van der Waals surface area contributed by atoms with Crippen LogP contribution < -0.4 is 10.6 Å². The summed E-state index contributed by atoms with van der Waals surface area (Å²) in [5.74, 6) is 0.906. The maximum absolute atomic E-state index is 12.0. The first-order valence-electron chi connectivity index (χ1n) is 7.93. The van der Waals surface area contributed by atoms with Gasteiger partial charge in [-0.2, -0.15) is 4.68 Å². The Morgan fingerprint density at radius 1 is 1.08 bits per heavy atom. The highest BCUT2D eigenvalue weighted by molar-refractivity contribution is 5.89. The third-order valence-corrected chi connectivity index (χ3v) is 3.56. The molecule has 0 radical (unpaired) electrons. The number of aryl methyl sites for hydroxylation is 2. The number of nitrogens with one attached hydrogen (secondary N) is 2. The number of anilines is 2. The molecule has 1 aromatic carbocycles. The van der Waals surface area contributed by atoms with E-state index in [-0.39, 0.29) is 12.3 Å². The number of pyridine rings is 1. The number of carbonyl (C=O) groups is 1. The van der Waals surface area contributed by atoms with E-state index >= 15 is 0 Å². The molecular formula is C17H19N7O. The van der Waals surface area contributed by atoms with Crippen LogP contribution in [0.15, 0.2) is 42.6 Å². The fourth-order valence-corrected chi connectivity index (χ4v) is 2.19. The van der Waals surface area contributed by atoms with Crippen molar-refractivity contribution < 1.29 is 4.79 Å². The highest BCUT2D eigenvalue weighted by atomic mass is 16.1. The molecule has 0 aliphatic rings. The van der Waals surface area contributed by atoms with E-state index in [1.807, 2.05) is 44.2 Å². The Kier molecular flexibility index (Phi) is 4.98. The minimum Gasteiger partial charge on any atom is -0.352 e. The Morgan fingerprint density at radius 2 is 1.84 bits per heavy atom. The summed E-state index contributed by atoms with van der Waals surface area (Å²) >= 11 is 0. The Hall–Kier alpha value is -3.29. The summed E-state index contributed by atoms with van der Waals surface area (Å²) in [6, 6.07) is 11.5. The van der Waals surface area contributed by atoms with E-state index in [4.69, 9.17) is 0 Å². The van der Waals surface area contributed by atoms with Crippen molar-refractivity contribution in [3.63, 3.8) is 0 Å². The molecular weight excluding hydrogens is 318 g/mol. The lowest BCUT2D eigenvalue weighted by molar-refractivity contribution is -0.116. The Balaban J connectivity index is 1.54. The third kappa shape index (κ3) is 4.37. The average Bonchev–Trinajstić information content (AvgIpc) is 3.06. The molecule has 0 spiro atoms. The van der Waals surface area contributed by atoms with Gasteiger partial charge in [0, 0.05) is 19.2 Å². The van der Waals surface area contributed by atoms with Crippen molar-refractivity contribution in [1.82, 2.24) is 25.2 Å². The molecule has 2 N–H and O–H groups in total. The molecule has 8 nitrogen and oxygen atoms in total. The van der Waals surface area contributed by atoms with Crippen molar-refractivity contribution in [2.24, 2.45) is 0 Å². The molecule has 3 rings (SSSR count). The summed E-state index contributed by atoms with van der Waals surface area (Å²) in [5.41, 5.74) is 3.06. The summed E-state index contributed by atoms with van der Waals surface area (Å²) in [4.78, 5) is 16.1. The maximum Gasteiger partial charge on any atom is 0.247 e. The molecule has 2 heterocycles. The van der Waals surface area contributed by atoms with Crippen LogP contribution in [-0.4, -0.2) is 37.6 Å². The number of aromatic nitrogens is 5. The first kappa shape index (κ1) is 16.6. The Labute approximate surface area is 145 Å². The van der Waals surface area contributed by atoms with Crippen molar-refractivity contribution in [1.29, 1.82) is 0 Å². The predicted octanol–water partition coefficient (Wildman–Crippen LogP) is 2.11. The van der Waals surface area contributed by atoms with Crippen LogP contribution in [0.4, 0.5) is 11.8 Å². The van der Waals surface area contributed by atoms with Gasteiger partial charge in [0.05, 0.1) is 5.69 Å². The quantitative estimate of drug-likeness (QED) is 0.715. The smallest absolute Gasteiger partial charge is 0.247 e. The molecule has 0 aliphatic heterocycles. The number of carbonyl (C=O) groups excluding carboxylic acids is 1. The van der Waals surface area contributed by atoms with Gasteiger partial charge in [0.15, 0.2) is 0 Å². The second-order valence-electron chi connectivity index (χ2n) is 5.70. The minimum atomic E-state index is -0.127. The van der Waals surface area contributed by atoms with Crippen LogP contribution in [0.2, 0.25) is 0 Å². The second kappa shape index (κ2) is 7.52. The van der Waals surface area contributed by atoms with Crippen molar-refractivity contribution in [2.45, 2.75) is 20.3 Å². The zero-order valence-electron chi connectivity index (χ0n) is 14.1. The van der Waals surface area contributed by atoms with Crippen molar-refractivity contribution in [3.8, 4) is 5.69 Å². The first-order valence-corrected chi connectivity index (χ1v) is 7.93. The summed E-state index contributed by atoms with van der Waals surface area (Å²) in [7, 11) is 0. The van der Waals surface area contributed by atoms with Gasteiger partial charge in [-0.25, -0.2) is 4.98 Å². The maximum atomic E-state index is 12.0. The highest BCUT2D eigenvalue weighted by Crippen LogP contribution is 2.12. The lowest BCUT2D eigenvalue weighted by atomic mass is 10.2. The lowest BCUT2D eigenvalue weighted by Gasteiger charge is -2.08. The average molecular weight is 337 g/mol. The van der Waals surface area contributed by atoms with E-state index in [9.17, 15) is 4.79 Å². The molecule has 0 saturated carbocycles. The number of tetrazole rings is 1. The van der Waals surface area contributed by atoms with Gasteiger partial charge in [0.1, 0.15) is 5.82 Å². The molecule has 0 saturated heterocycles. The molecule has 0 fully saturated rings. The Morgan fingerprint density at radius 3 is 2.56 bits per heavy atom. The fourth-order valence-electron chi connectivity index (χ4n) is 2.19. The first-order chi connectivity index (χ1) is 12.1. The van der Waals surface area contributed by atoms with Gasteiger partial charge < -0.3 is 10.6 Å². The molecule has 0 aliphatic carbocycles. The van der Waals surface area contributed by atoms with Gasteiger partial charge >= 0.3 is 0 Å². The second-order valence-corrected chi connectivity index (χ2v) is 5.70. The van der Waals surface area contributed by atoms with Gasteiger partial charge in [0.2, 0.25) is 11.9 Å². The van der Waals surface area contributed by atoms with Crippen LogP contribution in [0, 0.1) is 13.8 Å². The molecule has 25 heavy (non-hydrogen) atoms. The van der Waals surface area contributed by atoms with Crippen LogP contribution in [-0.2, 0) is 4.79 Å².